The topological polar surface area (TPSA) is 92.6 Å². The maximum absolute atomic E-state index is 12.1. The predicted octanol–water partition coefficient (Wildman–Crippen LogP) is -0.274. The molecule has 7 heteroatoms. The summed E-state index contributed by atoms with van der Waals surface area (Å²) in [6.45, 7) is 0.142. The third-order valence-corrected chi connectivity index (χ3v) is 2.75. The Bertz CT molecular complexity index is 764. The molecule has 21 heavy (non-hydrogen) atoms. The van der Waals surface area contributed by atoms with Gasteiger partial charge in [0.25, 0.3) is 11.5 Å². The Labute approximate surface area is 120 Å². The number of aromatic nitrogens is 2. The second kappa shape index (κ2) is 6.47. The van der Waals surface area contributed by atoms with Crippen molar-refractivity contribution in [2.45, 2.75) is 0 Å². The van der Waals surface area contributed by atoms with E-state index < -0.39 is 11.5 Å². The Morgan fingerprint density at radius 1 is 1.38 bits per heavy atom. The summed E-state index contributed by atoms with van der Waals surface area (Å²) in [6.07, 6.45) is 5.58. The number of nitrogens with one attached hydrogen (secondary N) is 2. The zero-order chi connectivity index (χ0) is 15.2. The van der Waals surface area contributed by atoms with Crippen LogP contribution in [0.4, 0.5) is 0 Å². The number of pyridine rings is 1. The molecule has 0 radical (unpaired) electrons. The van der Waals surface area contributed by atoms with Gasteiger partial charge in [0.1, 0.15) is 11.2 Å². The number of rotatable bonds is 4. The van der Waals surface area contributed by atoms with Gasteiger partial charge in [-0.3, -0.25) is 18.8 Å². The van der Waals surface area contributed by atoms with Crippen molar-refractivity contribution in [1.29, 1.82) is 0 Å². The molecule has 0 spiro atoms. The fourth-order valence-electron chi connectivity index (χ4n) is 1.68. The van der Waals surface area contributed by atoms with Crippen LogP contribution >= 0.6 is 0 Å². The highest BCUT2D eigenvalue weighted by Crippen LogP contribution is 1.97. The van der Waals surface area contributed by atoms with Gasteiger partial charge in [-0.05, 0) is 12.1 Å². The minimum atomic E-state index is -0.535. The van der Waals surface area contributed by atoms with Gasteiger partial charge in [-0.25, -0.2) is 4.98 Å². The molecule has 2 heterocycles. The normalized spacial score (nSPS) is 10.7. The van der Waals surface area contributed by atoms with Crippen LogP contribution in [-0.4, -0.2) is 34.8 Å². The number of hydrogen-bond acceptors (Lipinski definition) is 4. The lowest BCUT2D eigenvalue weighted by molar-refractivity contribution is -0.116. The summed E-state index contributed by atoms with van der Waals surface area (Å²) in [5, 5.41) is 4.94. The molecule has 108 valence electrons. The Kier molecular flexibility index (Phi) is 4.45. The highest BCUT2D eigenvalue weighted by atomic mass is 16.2. The van der Waals surface area contributed by atoms with Gasteiger partial charge in [0.15, 0.2) is 0 Å². The van der Waals surface area contributed by atoms with E-state index >= 15 is 0 Å². The molecule has 2 aromatic heterocycles. The van der Waals surface area contributed by atoms with Gasteiger partial charge in [0.05, 0.1) is 0 Å². The summed E-state index contributed by atoms with van der Waals surface area (Å²) < 4.78 is 1.30. The summed E-state index contributed by atoms with van der Waals surface area (Å²) in [4.78, 5) is 39.1. The highest BCUT2D eigenvalue weighted by Gasteiger charge is 2.11. The van der Waals surface area contributed by atoms with Crippen molar-refractivity contribution < 1.29 is 9.59 Å². The Balaban J connectivity index is 2.13. The second-order valence-electron chi connectivity index (χ2n) is 4.13. The molecule has 2 rings (SSSR count). The molecule has 0 saturated carbocycles. The number of carbonyl (C=O) groups is 2. The largest absolute Gasteiger partial charge is 0.356 e. The first kappa shape index (κ1) is 14.4. The van der Waals surface area contributed by atoms with Gasteiger partial charge in [-0.2, -0.15) is 0 Å². The van der Waals surface area contributed by atoms with E-state index in [4.69, 9.17) is 0 Å². The lowest BCUT2D eigenvalue weighted by atomic mass is 10.3. The van der Waals surface area contributed by atoms with E-state index in [-0.39, 0.29) is 18.0 Å². The van der Waals surface area contributed by atoms with E-state index in [1.807, 2.05) is 0 Å². The van der Waals surface area contributed by atoms with Crippen LogP contribution in [0.1, 0.15) is 10.4 Å². The molecule has 0 aromatic carbocycles. The van der Waals surface area contributed by atoms with Crippen LogP contribution in [0.25, 0.3) is 5.65 Å². The quantitative estimate of drug-likeness (QED) is 0.756. The van der Waals surface area contributed by atoms with Crippen molar-refractivity contribution in [3.8, 4) is 0 Å². The molecule has 0 saturated heterocycles. The average Bonchev–Trinajstić information content (AvgIpc) is 2.51. The van der Waals surface area contributed by atoms with Crippen LogP contribution in [0.15, 0.2) is 47.5 Å². The van der Waals surface area contributed by atoms with Gasteiger partial charge in [-0.15, -0.1) is 0 Å². The molecule has 0 aliphatic carbocycles. The Morgan fingerprint density at radius 3 is 2.95 bits per heavy atom. The summed E-state index contributed by atoms with van der Waals surface area (Å²) in [5.41, 5.74) is -0.0148. The zero-order valence-electron chi connectivity index (χ0n) is 11.4. The summed E-state index contributed by atoms with van der Waals surface area (Å²) >= 11 is 0. The molecule has 0 aliphatic rings. The zero-order valence-corrected chi connectivity index (χ0v) is 11.4. The van der Waals surface area contributed by atoms with Crippen LogP contribution < -0.4 is 16.2 Å². The molecule has 0 atom stereocenters. The van der Waals surface area contributed by atoms with E-state index in [0.717, 1.165) is 0 Å². The van der Waals surface area contributed by atoms with Crippen LogP contribution in [0, 0.1) is 0 Å². The number of likely N-dealkylation sites (N-methyl/N-ethyl adjacent to an activating group) is 1. The van der Waals surface area contributed by atoms with Gasteiger partial charge >= 0.3 is 0 Å². The maximum atomic E-state index is 12.1. The summed E-state index contributed by atoms with van der Waals surface area (Å²) in [6, 6.07) is 5.12. The second-order valence-corrected chi connectivity index (χ2v) is 4.13. The number of amides is 2. The Morgan fingerprint density at radius 2 is 2.19 bits per heavy atom. The first-order chi connectivity index (χ1) is 10.1. The van der Waals surface area contributed by atoms with Crippen molar-refractivity contribution in [3.63, 3.8) is 0 Å². The first-order valence-corrected chi connectivity index (χ1v) is 6.26. The van der Waals surface area contributed by atoms with Crippen LogP contribution in [0.5, 0.6) is 0 Å². The number of carbonyl (C=O) groups excluding carboxylic acids is 2. The molecule has 2 N–H and O–H groups in total. The molecule has 2 aromatic rings. The van der Waals surface area contributed by atoms with Crippen LogP contribution in [0.2, 0.25) is 0 Å². The fraction of sp³-hybridized carbons (Fsp3) is 0.143. The fourth-order valence-corrected chi connectivity index (χ4v) is 1.68. The van der Waals surface area contributed by atoms with Crippen LogP contribution in [0.3, 0.4) is 0 Å². The average molecular weight is 286 g/mol. The minimum Gasteiger partial charge on any atom is -0.356 e. The molecule has 2 amide bonds. The monoisotopic (exact) mass is 286 g/mol. The van der Waals surface area contributed by atoms with Crippen LogP contribution in [-0.2, 0) is 4.79 Å². The number of hydrogen-bond donors (Lipinski definition) is 2. The van der Waals surface area contributed by atoms with E-state index in [2.05, 4.69) is 15.6 Å². The summed E-state index contributed by atoms with van der Waals surface area (Å²) in [5.74, 6) is -0.802. The highest BCUT2D eigenvalue weighted by molar-refractivity contribution is 5.94. The van der Waals surface area contributed by atoms with E-state index in [9.17, 15) is 14.4 Å². The number of fused-ring (bicyclic) bond motifs is 1. The van der Waals surface area contributed by atoms with Crippen molar-refractivity contribution in [1.82, 2.24) is 20.0 Å². The molecular formula is C14H14N4O3. The first-order valence-electron chi connectivity index (χ1n) is 6.26. The van der Waals surface area contributed by atoms with Crippen molar-refractivity contribution >= 4 is 17.5 Å². The minimum absolute atomic E-state index is 0.0490. The van der Waals surface area contributed by atoms with E-state index in [1.165, 1.54) is 29.8 Å². The third-order valence-electron chi connectivity index (χ3n) is 2.75. The molecule has 0 unspecified atom stereocenters. The molecular weight excluding hydrogens is 272 g/mol. The van der Waals surface area contributed by atoms with Gasteiger partial charge in [0, 0.05) is 32.1 Å². The van der Waals surface area contributed by atoms with E-state index in [1.54, 1.807) is 24.4 Å². The molecule has 0 aliphatic heterocycles. The smallest absolute Gasteiger partial charge is 0.270 e. The van der Waals surface area contributed by atoms with Crippen molar-refractivity contribution in [2.24, 2.45) is 0 Å². The lowest BCUT2D eigenvalue weighted by Gasteiger charge is -2.04. The summed E-state index contributed by atoms with van der Waals surface area (Å²) in [7, 11) is 1.51. The number of nitrogens with zero attached hydrogens (tertiary/aromatic N) is 2. The molecule has 7 nitrogen and oxygen atoms in total. The van der Waals surface area contributed by atoms with E-state index in [0.29, 0.717) is 5.65 Å². The predicted molar refractivity (Wildman–Crippen MR) is 77.0 cm³/mol. The standard InChI is InChI=1S/C14H14N4O3/c1-15-12(19)6-4-7-16-13(20)10-9-17-11-5-2-3-8-18(11)14(10)21/h2-6,8-9H,7H2,1H3,(H,15,19)(H,16,20)/b6-4+. The van der Waals surface area contributed by atoms with Crippen molar-refractivity contribution in [3.05, 3.63) is 58.7 Å². The third kappa shape index (κ3) is 3.33. The Hall–Kier alpha value is -2.96. The van der Waals surface area contributed by atoms with Crippen molar-refractivity contribution in [2.75, 3.05) is 13.6 Å². The molecule has 0 fully saturated rings. The van der Waals surface area contributed by atoms with Gasteiger partial charge < -0.3 is 10.6 Å². The maximum Gasteiger partial charge on any atom is 0.270 e. The van der Waals surface area contributed by atoms with Gasteiger partial charge in [-0.1, -0.05) is 12.1 Å². The lowest BCUT2D eigenvalue weighted by Crippen LogP contribution is -2.31. The molecule has 0 bridgehead atoms. The van der Waals surface area contributed by atoms with Gasteiger partial charge in [0.2, 0.25) is 5.91 Å². The SMILES string of the molecule is CNC(=O)/C=C/CNC(=O)c1cnc2ccccn2c1=O.